The van der Waals surface area contributed by atoms with Crippen molar-refractivity contribution in [2.75, 3.05) is 47.6 Å². The van der Waals surface area contributed by atoms with E-state index in [1.165, 1.54) is 21.1 Å². The van der Waals surface area contributed by atoms with E-state index in [1.54, 1.807) is 31.3 Å². The van der Waals surface area contributed by atoms with Crippen molar-refractivity contribution in [3.05, 3.63) is 36.5 Å². The van der Waals surface area contributed by atoms with Gasteiger partial charge < -0.3 is 34.9 Å². The van der Waals surface area contributed by atoms with Crippen LogP contribution in [0.5, 0.6) is 11.5 Å². The number of rotatable bonds is 12. The van der Waals surface area contributed by atoms with Crippen LogP contribution in [0.25, 0.3) is 0 Å². The molecule has 0 heterocycles. The number of ether oxygens (including phenoxy) is 4. The van der Waals surface area contributed by atoms with Crippen LogP contribution in [0, 0.1) is 0 Å². The van der Waals surface area contributed by atoms with Crippen molar-refractivity contribution < 1.29 is 33.3 Å². The molecule has 1 atom stereocenters. The quantitative estimate of drug-likeness (QED) is 0.403. The number of likely N-dealkylation sites (N-methyl/N-ethyl adjacent to an activating group) is 1. The van der Waals surface area contributed by atoms with Crippen molar-refractivity contribution in [1.82, 2.24) is 16.0 Å². The van der Waals surface area contributed by atoms with Gasteiger partial charge in [0.25, 0.3) is 5.91 Å². The molecule has 1 aromatic carbocycles. The molecule has 182 valence electrons. The largest absolute Gasteiger partial charge is 0.484 e. The minimum absolute atomic E-state index is 0. The maximum absolute atomic E-state index is 11.9. The molecular weight excluding hydrogens is 418 g/mol. The van der Waals surface area contributed by atoms with Crippen LogP contribution >= 0.6 is 0 Å². The number of carbonyl (C=O) groups excluding carboxylic acids is 3. The summed E-state index contributed by atoms with van der Waals surface area (Å²) >= 11 is 0. The second kappa shape index (κ2) is 18.5. The van der Waals surface area contributed by atoms with Gasteiger partial charge in [-0.25, -0.2) is 4.79 Å². The molecule has 0 bridgehead atoms. The maximum Gasteiger partial charge on any atom is 0.344 e. The van der Waals surface area contributed by atoms with Gasteiger partial charge in [0.05, 0.1) is 13.2 Å². The van der Waals surface area contributed by atoms with E-state index < -0.39 is 12.1 Å². The summed E-state index contributed by atoms with van der Waals surface area (Å²) in [6.45, 7) is 7.39. The Bertz CT molecular complexity index is 693. The summed E-state index contributed by atoms with van der Waals surface area (Å²) in [6, 6.07) is 6.58. The van der Waals surface area contributed by atoms with Crippen LogP contribution in [-0.2, 0) is 23.9 Å². The Hall–Kier alpha value is -3.27. The van der Waals surface area contributed by atoms with Gasteiger partial charge in [-0.15, -0.1) is 0 Å². The number of hydrogen-bond donors (Lipinski definition) is 3. The van der Waals surface area contributed by atoms with E-state index >= 15 is 0 Å². The smallest absolute Gasteiger partial charge is 0.344 e. The van der Waals surface area contributed by atoms with Crippen molar-refractivity contribution in [1.29, 1.82) is 0 Å². The predicted octanol–water partition coefficient (Wildman–Crippen LogP) is 1.26. The lowest BCUT2D eigenvalue weighted by atomic mass is 10.3. The molecule has 1 unspecified atom stereocenters. The summed E-state index contributed by atoms with van der Waals surface area (Å²) in [5.41, 5.74) is 0.775. The van der Waals surface area contributed by atoms with Gasteiger partial charge >= 0.3 is 5.97 Å². The van der Waals surface area contributed by atoms with Gasteiger partial charge in [0, 0.05) is 33.8 Å². The van der Waals surface area contributed by atoms with Gasteiger partial charge in [0.15, 0.2) is 13.2 Å². The molecule has 0 saturated carbocycles. The fraction of sp³-hybridized carbons (Fsp3) is 0.500. The highest BCUT2D eigenvalue weighted by Crippen LogP contribution is 2.17. The van der Waals surface area contributed by atoms with Gasteiger partial charge in [-0.2, -0.15) is 0 Å². The molecule has 0 radical (unpaired) electrons. The zero-order valence-corrected chi connectivity index (χ0v) is 18.8. The van der Waals surface area contributed by atoms with Gasteiger partial charge in [-0.3, -0.25) is 9.59 Å². The van der Waals surface area contributed by atoms with Crippen LogP contribution in [-0.4, -0.2) is 71.5 Å². The summed E-state index contributed by atoms with van der Waals surface area (Å²) in [5.74, 6) is 0.285. The minimum atomic E-state index is -0.504. The van der Waals surface area contributed by atoms with Crippen LogP contribution in [0.4, 0.5) is 0 Å². The monoisotopic (exact) mass is 455 g/mol. The second-order valence-corrected chi connectivity index (χ2v) is 6.26. The van der Waals surface area contributed by atoms with E-state index in [-0.39, 0.29) is 39.1 Å². The number of carbonyl (C=O) groups is 3. The highest BCUT2D eigenvalue weighted by atomic mass is 16.6. The lowest BCUT2D eigenvalue weighted by Gasteiger charge is -2.18. The Kier molecular flexibility index (Phi) is 17.9. The molecule has 10 heteroatoms. The van der Waals surface area contributed by atoms with Gasteiger partial charge in [0.1, 0.15) is 17.6 Å². The third-order valence-corrected chi connectivity index (χ3v) is 3.46. The standard InChI is InChI=1S/C18H26N2O6.C3H7NO.CH4/c1-13(2)20-9-16(10-23-4)26-18(22)12-25-15-7-5-14(6-8-15)24-11-17(21)19-3;1-3(5)4-2;/h5-8,16,20H,1,9-12H2,2-4H3,(H,19,21);1-2H3,(H,4,5);1H4. The van der Waals surface area contributed by atoms with Crippen molar-refractivity contribution in [3.8, 4) is 11.5 Å². The molecular formula is C22H37N3O7. The fourth-order valence-corrected chi connectivity index (χ4v) is 1.82. The Labute approximate surface area is 190 Å². The first-order valence-corrected chi connectivity index (χ1v) is 9.54. The highest BCUT2D eigenvalue weighted by molar-refractivity contribution is 5.77. The lowest BCUT2D eigenvalue weighted by Crippen LogP contribution is -2.34. The highest BCUT2D eigenvalue weighted by Gasteiger charge is 2.15. The van der Waals surface area contributed by atoms with E-state index in [9.17, 15) is 14.4 Å². The second-order valence-electron chi connectivity index (χ2n) is 6.26. The van der Waals surface area contributed by atoms with Crippen molar-refractivity contribution in [2.24, 2.45) is 0 Å². The van der Waals surface area contributed by atoms with Gasteiger partial charge in [-0.05, 0) is 31.2 Å². The molecule has 0 aliphatic rings. The summed E-state index contributed by atoms with van der Waals surface area (Å²) in [7, 11) is 4.67. The molecule has 2 amide bonds. The van der Waals surface area contributed by atoms with E-state index in [4.69, 9.17) is 18.9 Å². The van der Waals surface area contributed by atoms with Crippen LogP contribution in [0.3, 0.4) is 0 Å². The Morgan fingerprint density at radius 2 is 1.47 bits per heavy atom. The molecule has 0 fully saturated rings. The summed E-state index contributed by atoms with van der Waals surface area (Å²) in [5, 5.41) is 7.85. The fourth-order valence-electron chi connectivity index (χ4n) is 1.82. The minimum Gasteiger partial charge on any atom is -0.484 e. The van der Waals surface area contributed by atoms with E-state index in [2.05, 4.69) is 22.5 Å². The number of hydrogen-bond acceptors (Lipinski definition) is 8. The predicted molar refractivity (Wildman–Crippen MR) is 123 cm³/mol. The first kappa shape index (κ1) is 30.9. The molecule has 10 nitrogen and oxygen atoms in total. The topological polar surface area (TPSA) is 124 Å². The van der Waals surface area contributed by atoms with E-state index in [0.29, 0.717) is 18.0 Å². The van der Waals surface area contributed by atoms with Crippen molar-refractivity contribution >= 4 is 17.8 Å². The van der Waals surface area contributed by atoms with Gasteiger partial charge in [0.2, 0.25) is 5.91 Å². The molecule has 0 spiro atoms. The average molecular weight is 456 g/mol. The molecule has 32 heavy (non-hydrogen) atoms. The zero-order valence-electron chi connectivity index (χ0n) is 18.8. The lowest BCUT2D eigenvalue weighted by molar-refractivity contribution is -0.153. The first-order valence-electron chi connectivity index (χ1n) is 9.54. The average Bonchev–Trinajstić information content (AvgIpc) is 2.75. The molecule has 0 aliphatic heterocycles. The summed E-state index contributed by atoms with van der Waals surface area (Å²) in [4.78, 5) is 32.7. The number of amides is 2. The Morgan fingerprint density at radius 3 is 1.88 bits per heavy atom. The van der Waals surface area contributed by atoms with Crippen LogP contribution in [0.15, 0.2) is 36.5 Å². The summed E-state index contributed by atoms with van der Waals surface area (Å²) < 4.78 is 21.0. The third-order valence-electron chi connectivity index (χ3n) is 3.46. The molecule has 0 aromatic heterocycles. The summed E-state index contributed by atoms with van der Waals surface area (Å²) in [6.07, 6.45) is -0.437. The number of benzene rings is 1. The molecule has 1 aromatic rings. The molecule has 0 saturated heterocycles. The van der Waals surface area contributed by atoms with Crippen LogP contribution in [0.1, 0.15) is 21.3 Å². The van der Waals surface area contributed by atoms with E-state index in [1.807, 2.05) is 6.92 Å². The molecule has 0 aliphatic carbocycles. The Morgan fingerprint density at radius 1 is 0.969 bits per heavy atom. The number of nitrogens with one attached hydrogen (secondary N) is 3. The van der Waals surface area contributed by atoms with Crippen molar-refractivity contribution in [3.63, 3.8) is 0 Å². The number of esters is 1. The van der Waals surface area contributed by atoms with Crippen LogP contribution < -0.4 is 25.4 Å². The van der Waals surface area contributed by atoms with E-state index in [0.717, 1.165) is 5.70 Å². The molecule has 1 rings (SSSR count). The number of allylic oxidation sites excluding steroid dienone is 1. The number of methoxy groups -OCH3 is 1. The normalized spacial score (nSPS) is 10.2. The molecule has 3 N–H and O–H groups in total. The van der Waals surface area contributed by atoms with Crippen LogP contribution in [0.2, 0.25) is 0 Å². The SMILES string of the molecule is C.C=C(C)NCC(COC)OC(=O)COc1ccc(OCC(=O)NC)cc1.CNC(C)=O. The van der Waals surface area contributed by atoms with Crippen molar-refractivity contribution in [2.45, 2.75) is 27.4 Å². The first-order chi connectivity index (χ1) is 14.7. The zero-order chi connectivity index (χ0) is 23.6. The maximum atomic E-state index is 11.9. The van der Waals surface area contributed by atoms with Gasteiger partial charge in [-0.1, -0.05) is 14.0 Å². The third kappa shape index (κ3) is 16.5. The Balaban J connectivity index is 0.